The third-order valence-electron chi connectivity index (χ3n) is 3.80. The summed E-state index contributed by atoms with van der Waals surface area (Å²) in [4.78, 5) is 11.5. The Labute approximate surface area is 106 Å². The molecule has 0 aromatic heterocycles. The number of amides is 1. The fourth-order valence-electron chi connectivity index (χ4n) is 1.36. The van der Waals surface area contributed by atoms with Crippen LogP contribution in [0.15, 0.2) is 12.2 Å². The summed E-state index contributed by atoms with van der Waals surface area (Å²) in [7, 11) is -1.71. The second-order valence-electron chi connectivity index (χ2n) is 6.36. The van der Waals surface area contributed by atoms with E-state index in [0.29, 0.717) is 6.61 Å². The van der Waals surface area contributed by atoms with Crippen LogP contribution in [0, 0.1) is 5.92 Å². The van der Waals surface area contributed by atoms with E-state index in [4.69, 9.17) is 4.43 Å². The largest absolute Gasteiger partial charge is 0.414 e. The molecule has 2 atom stereocenters. The predicted octanol–water partition coefficient (Wildman–Crippen LogP) is 2.70. The second-order valence-corrected chi connectivity index (χ2v) is 11.2. The summed E-state index contributed by atoms with van der Waals surface area (Å²) in [5.41, 5.74) is 0. The third kappa shape index (κ3) is 3.68. The van der Waals surface area contributed by atoms with Gasteiger partial charge in [0.05, 0.1) is 18.6 Å². The molecule has 1 amide bonds. The fourth-order valence-corrected chi connectivity index (χ4v) is 2.39. The summed E-state index contributed by atoms with van der Waals surface area (Å²) in [6.45, 7) is 13.6. The zero-order valence-electron chi connectivity index (χ0n) is 11.8. The molecule has 1 aliphatic heterocycles. The minimum absolute atomic E-state index is 0.0147. The molecular weight excluding hydrogens is 230 g/mol. The highest BCUT2D eigenvalue weighted by atomic mass is 28.4. The Balaban J connectivity index is 2.53. The van der Waals surface area contributed by atoms with Crippen LogP contribution in [-0.2, 0) is 9.22 Å². The molecule has 0 aliphatic carbocycles. The van der Waals surface area contributed by atoms with Gasteiger partial charge < -0.3 is 9.74 Å². The molecule has 0 fully saturated rings. The van der Waals surface area contributed by atoms with E-state index in [1.165, 1.54) is 0 Å². The van der Waals surface area contributed by atoms with Gasteiger partial charge in [-0.3, -0.25) is 4.79 Å². The quantitative estimate of drug-likeness (QED) is 0.622. The molecule has 0 saturated carbocycles. The smallest absolute Gasteiger partial charge is 0.227 e. The lowest BCUT2D eigenvalue weighted by Gasteiger charge is -2.37. The van der Waals surface area contributed by atoms with E-state index in [9.17, 15) is 4.79 Å². The highest BCUT2D eigenvalue weighted by Gasteiger charge is 2.37. The van der Waals surface area contributed by atoms with Crippen molar-refractivity contribution in [1.29, 1.82) is 0 Å². The number of hydrogen-bond acceptors (Lipinski definition) is 2. The van der Waals surface area contributed by atoms with Gasteiger partial charge in [-0.1, -0.05) is 39.8 Å². The molecule has 1 rings (SSSR count). The number of carbonyl (C=O) groups is 1. The average molecular weight is 255 g/mol. The maximum absolute atomic E-state index is 11.5. The van der Waals surface area contributed by atoms with Crippen molar-refractivity contribution < 1.29 is 9.22 Å². The van der Waals surface area contributed by atoms with E-state index >= 15 is 0 Å². The Morgan fingerprint density at radius 1 is 1.35 bits per heavy atom. The lowest BCUT2D eigenvalue weighted by atomic mass is 10.0. The van der Waals surface area contributed by atoms with Crippen LogP contribution >= 0.6 is 0 Å². The lowest BCUT2D eigenvalue weighted by Crippen LogP contribution is -2.47. The molecular formula is C13H25NO2Si. The van der Waals surface area contributed by atoms with Crippen LogP contribution in [0.2, 0.25) is 18.1 Å². The Morgan fingerprint density at radius 3 is 2.41 bits per heavy atom. The highest BCUT2D eigenvalue weighted by molar-refractivity contribution is 6.74. The van der Waals surface area contributed by atoms with Crippen LogP contribution in [-0.4, -0.2) is 26.9 Å². The average Bonchev–Trinajstić information content (AvgIpc) is 2.18. The Morgan fingerprint density at radius 2 is 1.94 bits per heavy atom. The number of hydrogen-bond donors (Lipinski definition) is 1. The first-order chi connectivity index (χ1) is 7.63. The first kappa shape index (κ1) is 14.4. The first-order valence-electron chi connectivity index (χ1n) is 6.26. The van der Waals surface area contributed by atoms with E-state index in [0.717, 1.165) is 0 Å². The molecule has 0 saturated heterocycles. The SMILES string of the molecule is C[C@H]1C=C[C@H](CO[Si](C)(C)C(C)(C)C)NC1=O. The summed E-state index contributed by atoms with van der Waals surface area (Å²) in [5.74, 6) is 0.0791. The molecule has 3 nitrogen and oxygen atoms in total. The molecule has 1 heterocycles. The molecule has 0 unspecified atom stereocenters. The lowest BCUT2D eigenvalue weighted by molar-refractivity contribution is -0.124. The predicted molar refractivity (Wildman–Crippen MR) is 73.4 cm³/mol. The Hall–Kier alpha value is -0.613. The van der Waals surface area contributed by atoms with Crippen LogP contribution < -0.4 is 5.32 Å². The molecule has 0 spiro atoms. The van der Waals surface area contributed by atoms with Gasteiger partial charge in [-0.15, -0.1) is 0 Å². The van der Waals surface area contributed by atoms with Crippen LogP contribution in [0.3, 0.4) is 0 Å². The van der Waals surface area contributed by atoms with Crippen molar-refractivity contribution in [3.63, 3.8) is 0 Å². The highest BCUT2D eigenvalue weighted by Crippen LogP contribution is 2.36. The monoisotopic (exact) mass is 255 g/mol. The molecule has 1 aliphatic rings. The summed E-state index contributed by atoms with van der Waals surface area (Å²) in [5, 5.41) is 3.17. The normalized spacial score (nSPS) is 25.9. The minimum Gasteiger partial charge on any atom is -0.414 e. The molecule has 0 bridgehead atoms. The van der Waals surface area contributed by atoms with Crippen molar-refractivity contribution in [1.82, 2.24) is 5.32 Å². The molecule has 1 N–H and O–H groups in total. The number of carbonyl (C=O) groups excluding carboxylic acids is 1. The Bertz CT molecular complexity index is 318. The maximum atomic E-state index is 11.5. The van der Waals surface area contributed by atoms with Gasteiger partial charge >= 0.3 is 0 Å². The van der Waals surface area contributed by atoms with Crippen molar-refractivity contribution in [3.8, 4) is 0 Å². The summed E-state index contributed by atoms with van der Waals surface area (Å²) in [6.07, 6.45) is 4.00. The number of rotatable bonds is 3. The first-order valence-corrected chi connectivity index (χ1v) is 9.17. The van der Waals surface area contributed by atoms with Gasteiger partial charge in [0.2, 0.25) is 5.91 Å². The van der Waals surface area contributed by atoms with E-state index in [1.807, 2.05) is 19.1 Å². The molecule has 4 heteroatoms. The van der Waals surface area contributed by atoms with Crippen LogP contribution in [0.1, 0.15) is 27.7 Å². The topological polar surface area (TPSA) is 38.3 Å². The van der Waals surface area contributed by atoms with E-state index in [-0.39, 0.29) is 22.9 Å². The second kappa shape index (κ2) is 4.94. The van der Waals surface area contributed by atoms with Gasteiger partial charge in [0.15, 0.2) is 8.32 Å². The summed E-state index contributed by atoms with van der Waals surface area (Å²) in [6, 6.07) is 0.0350. The standard InChI is InChI=1S/C13H25NO2Si/c1-10-7-8-11(14-12(10)15)9-16-17(5,6)13(2,3)4/h7-8,10-11H,9H2,1-6H3,(H,14,15)/t10-,11+/m0/s1. The van der Waals surface area contributed by atoms with Crippen LogP contribution in [0.4, 0.5) is 0 Å². The van der Waals surface area contributed by atoms with E-state index < -0.39 is 8.32 Å². The van der Waals surface area contributed by atoms with E-state index in [2.05, 4.69) is 39.2 Å². The summed E-state index contributed by atoms with van der Waals surface area (Å²) >= 11 is 0. The van der Waals surface area contributed by atoms with Crippen molar-refractivity contribution in [2.75, 3.05) is 6.61 Å². The van der Waals surface area contributed by atoms with Crippen molar-refractivity contribution in [3.05, 3.63) is 12.2 Å². The van der Waals surface area contributed by atoms with Crippen LogP contribution in [0.25, 0.3) is 0 Å². The van der Waals surface area contributed by atoms with Crippen molar-refractivity contribution in [2.24, 2.45) is 5.92 Å². The van der Waals surface area contributed by atoms with E-state index in [1.54, 1.807) is 0 Å². The van der Waals surface area contributed by atoms with Crippen molar-refractivity contribution in [2.45, 2.75) is 51.9 Å². The molecule has 17 heavy (non-hydrogen) atoms. The van der Waals surface area contributed by atoms with Crippen LogP contribution in [0.5, 0.6) is 0 Å². The molecule has 0 radical (unpaired) electrons. The number of nitrogens with one attached hydrogen (secondary N) is 1. The maximum Gasteiger partial charge on any atom is 0.227 e. The fraction of sp³-hybridized carbons (Fsp3) is 0.769. The van der Waals surface area contributed by atoms with Crippen molar-refractivity contribution >= 4 is 14.2 Å². The van der Waals surface area contributed by atoms with Gasteiger partial charge in [0.1, 0.15) is 0 Å². The zero-order valence-corrected chi connectivity index (χ0v) is 12.8. The summed E-state index contributed by atoms with van der Waals surface area (Å²) < 4.78 is 6.09. The molecule has 0 aromatic rings. The minimum atomic E-state index is -1.71. The Kier molecular flexibility index (Phi) is 4.20. The van der Waals surface area contributed by atoms with Gasteiger partial charge in [-0.05, 0) is 18.1 Å². The van der Waals surface area contributed by atoms with Gasteiger partial charge in [-0.25, -0.2) is 0 Å². The zero-order chi connectivity index (χ0) is 13.3. The molecule has 0 aromatic carbocycles. The molecule has 98 valence electrons. The van der Waals surface area contributed by atoms with Gasteiger partial charge in [0.25, 0.3) is 0 Å². The van der Waals surface area contributed by atoms with Gasteiger partial charge in [-0.2, -0.15) is 0 Å². The third-order valence-corrected chi connectivity index (χ3v) is 8.30. The van der Waals surface area contributed by atoms with Gasteiger partial charge in [0, 0.05) is 0 Å².